The van der Waals surface area contributed by atoms with E-state index >= 15 is 0 Å². The minimum absolute atomic E-state index is 0.117. The molecular formula is C30H40O4. The van der Waals surface area contributed by atoms with E-state index in [1.54, 1.807) is 0 Å². The zero-order chi connectivity index (χ0) is 24.2. The maximum atomic E-state index is 12.5. The number of rotatable bonds is 12. The Morgan fingerprint density at radius 1 is 0.618 bits per heavy atom. The Balaban J connectivity index is 1.39. The molecule has 0 heterocycles. The average molecular weight is 465 g/mol. The maximum absolute atomic E-state index is 12.5. The molecule has 2 aromatic rings. The van der Waals surface area contributed by atoms with E-state index in [0.717, 1.165) is 38.5 Å². The number of aryl methyl sites for hydroxylation is 2. The van der Waals surface area contributed by atoms with E-state index in [1.165, 1.54) is 49.7 Å². The first-order chi connectivity index (χ1) is 16.6. The van der Waals surface area contributed by atoms with Gasteiger partial charge >= 0.3 is 11.9 Å². The molecule has 0 atom stereocenters. The predicted molar refractivity (Wildman–Crippen MR) is 136 cm³/mol. The second kappa shape index (κ2) is 13.9. The van der Waals surface area contributed by atoms with Crippen molar-refractivity contribution in [1.29, 1.82) is 0 Å². The van der Waals surface area contributed by atoms with Crippen LogP contribution < -0.4 is 0 Å². The third-order valence-electron chi connectivity index (χ3n) is 6.69. The largest absolute Gasteiger partial charge is 0.459 e. The van der Waals surface area contributed by atoms with Crippen LogP contribution in [0.5, 0.6) is 0 Å². The summed E-state index contributed by atoms with van der Waals surface area (Å²) < 4.78 is 11.5. The summed E-state index contributed by atoms with van der Waals surface area (Å²) in [5.41, 5.74) is 3.73. The lowest BCUT2D eigenvalue weighted by molar-refractivity contribution is -0.0108. The normalized spacial score (nSPS) is 17.8. The van der Waals surface area contributed by atoms with Crippen LogP contribution in [0, 0.1) is 0 Å². The molecule has 184 valence electrons. The van der Waals surface area contributed by atoms with Crippen molar-refractivity contribution in [2.45, 2.75) is 103 Å². The van der Waals surface area contributed by atoms with Gasteiger partial charge < -0.3 is 9.47 Å². The molecule has 1 aliphatic carbocycles. The molecule has 1 aliphatic rings. The molecule has 3 rings (SSSR count). The molecule has 0 saturated heterocycles. The number of hydrogen-bond donors (Lipinski definition) is 0. The number of hydrogen-bond acceptors (Lipinski definition) is 4. The second-order valence-corrected chi connectivity index (χ2v) is 9.52. The molecular weight excluding hydrogens is 424 g/mol. The SMILES string of the molecule is CCCCCc1ccc(C(=O)O[C@H]2CC[C@H](OC(=O)c3ccc(CCCCC)cc3)CC2)cc1. The zero-order valence-electron chi connectivity index (χ0n) is 20.9. The highest BCUT2D eigenvalue weighted by Gasteiger charge is 2.27. The number of carbonyl (C=O) groups is 2. The number of carbonyl (C=O) groups excluding carboxylic acids is 2. The smallest absolute Gasteiger partial charge is 0.338 e. The lowest BCUT2D eigenvalue weighted by Crippen LogP contribution is -2.29. The van der Waals surface area contributed by atoms with E-state index in [4.69, 9.17) is 9.47 Å². The molecule has 0 radical (unpaired) electrons. The van der Waals surface area contributed by atoms with Crippen molar-refractivity contribution in [3.63, 3.8) is 0 Å². The molecule has 1 fully saturated rings. The lowest BCUT2D eigenvalue weighted by atomic mass is 9.94. The van der Waals surface area contributed by atoms with Crippen molar-refractivity contribution in [2.24, 2.45) is 0 Å². The summed E-state index contributed by atoms with van der Waals surface area (Å²) in [6, 6.07) is 15.6. The van der Waals surface area contributed by atoms with Crippen LogP contribution in [0.4, 0.5) is 0 Å². The quantitative estimate of drug-likeness (QED) is 0.241. The molecule has 0 bridgehead atoms. The fourth-order valence-corrected chi connectivity index (χ4v) is 4.48. The van der Waals surface area contributed by atoms with E-state index in [9.17, 15) is 9.59 Å². The molecule has 34 heavy (non-hydrogen) atoms. The Labute approximate surface area is 205 Å². The van der Waals surface area contributed by atoms with Gasteiger partial charge in [0.1, 0.15) is 12.2 Å². The van der Waals surface area contributed by atoms with Crippen LogP contribution in [0.3, 0.4) is 0 Å². The van der Waals surface area contributed by atoms with Gasteiger partial charge in [-0.2, -0.15) is 0 Å². The highest BCUT2D eigenvalue weighted by Crippen LogP contribution is 2.25. The molecule has 4 heteroatoms. The summed E-state index contributed by atoms with van der Waals surface area (Å²) in [6.07, 6.45) is 12.0. The van der Waals surface area contributed by atoms with Gasteiger partial charge in [-0.3, -0.25) is 0 Å². The number of esters is 2. The Kier molecular flexibility index (Phi) is 10.7. The summed E-state index contributed by atoms with van der Waals surface area (Å²) in [5, 5.41) is 0. The van der Waals surface area contributed by atoms with Crippen LogP contribution in [0.2, 0.25) is 0 Å². The topological polar surface area (TPSA) is 52.6 Å². The third kappa shape index (κ3) is 8.30. The van der Waals surface area contributed by atoms with E-state index in [0.29, 0.717) is 11.1 Å². The van der Waals surface area contributed by atoms with Crippen molar-refractivity contribution >= 4 is 11.9 Å². The van der Waals surface area contributed by atoms with Crippen molar-refractivity contribution in [3.05, 3.63) is 70.8 Å². The van der Waals surface area contributed by atoms with Gasteiger partial charge in [0.25, 0.3) is 0 Å². The molecule has 4 nitrogen and oxygen atoms in total. The van der Waals surface area contributed by atoms with Crippen LogP contribution >= 0.6 is 0 Å². The highest BCUT2D eigenvalue weighted by molar-refractivity contribution is 5.90. The number of ether oxygens (including phenoxy) is 2. The van der Waals surface area contributed by atoms with E-state index in [2.05, 4.69) is 13.8 Å². The van der Waals surface area contributed by atoms with Crippen LogP contribution in [-0.2, 0) is 22.3 Å². The summed E-state index contributed by atoms with van der Waals surface area (Å²) in [7, 11) is 0. The fraction of sp³-hybridized carbons (Fsp3) is 0.533. The van der Waals surface area contributed by atoms with Crippen molar-refractivity contribution < 1.29 is 19.1 Å². The zero-order valence-corrected chi connectivity index (χ0v) is 20.9. The Morgan fingerprint density at radius 2 is 0.971 bits per heavy atom. The van der Waals surface area contributed by atoms with E-state index in [-0.39, 0.29) is 24.1 Å². The van der Waals surface area contributed by atoms with Crippen molar-refractivity contribution in [2.75, 3.05) is 0 Å². The first kappa shape index (κ1) is 26.0. The van der Waals surface area contributed by atoms with Gasteiger partial charge in [-0.25, -0.2) is 9.59 Å². The minimum atomic E-state index is -0.264. The van der Waals surface area contributed by atoms with Gasteiger partial charge in [-0.1, -0.05) is 63.8 Å². The first-order valence-corrected chi connectivity index (χ1v) is 13.2. The van der Waals surface area contributed by atoms with E-state index < -0.39 is 0 Å². The predicted octanol–water partition coefficient (Wildman–Crippen LogP) is 7.48. The van der Waals surface area contributed by atoms with Gasteiger partial charge in [0.05, 0.1) is 11.1 Å². The number of benzene rings is 2. The van der Waals surface area contributed by atoms with Crippen LogP contribution in [0.25, 0.3) is 0 Å². The van der Waals surface area contributed by atoms with Crippen molar-refractivity contribution in [3.8, 4) is 0 Å². The van der Waals surface area contributed by atoms with Gasteiger partial charge in [0.2, 0.25) is 0 Å². The summed E-state index contributed by atoms with van der Waals surface area (Å²) in [4.78, 5) is 25.1. The molecule has 1 saturated carbocycles. The fourth-order valence-electron chi connectivity index (χ4n) is 4.48. The molecule has 2 aromatic carbocycles. The van der Waals surface area contributed by atoms with E-state index in [1.807, 2.05) is 48.5 Å². The van der Waals surface area contributed by atoms with Crippen molar-refractivity contribution in [1.82, 2.24) is 0 Å². The maximum Gasteiger partial charge on any atom is 0.338 e. The monoisotopic (exact) mass is 464 g/mol. The minimum Gasteiger partial charge on any atom is -0.459 e. The average Bonchev–Trinajstić information content (AvgIpc) is 2.86. The van der Waals surface area contributed by atoms with Gasteiger partial charge in [0.15, 0.2) is 0 Å². The molecule has 0 aliphatic heterocycles. The van der Waals surface area contributed by atoms with Crippen LogP contribution in [0.15, 0.2) is 48.5 Å². The Hall–Kier alpha value is -2.62. The van der Waals surface area contributed by atoms with Crippen LogP contribution in [0.1, 0.15) is 110 Å². The molecule has 0 aromatic heterocycles. The summed E-state index contributed by atoms with van der Waals surface area (Å²) in [5.74, 6) is -0.529. The first-order valence-electron chi connectivity index (χ1n) is 13.2. The molecule has 0 spiro atoms. The Bertz CT molecular complexity index is 802. The van der Waals surface area contributed by atoms with Gasteiger partial charge in [0, 0.05) is 0 Å². The van der Waals surface area contributed by atoms with Gasteiger partial charge in [-0.15, -0.1) is 0 Å². The highest BCUT2D eigenvalue weighted by atomic mass is 16.6. The number of unbranched alkanes of at least 4 members (excludes halogenated alkanes) is 4. The molecule has 0 N–H and O–H groups in total. The van der Waals surface area contributed by atoms with Crippen LogP contribution in [-0.4, -0.2) is 24.1 Å². The summed E-state index contributed by atoms with van der Waals surface area (Å²) in [6.45, 7) is 4.40. The van der Waals surface area contributed by atoms with Gasteiger partial charge in [-0.05, 0) is 86.8 Å². The Morgan fingerprint density at radius 3 is 1.29 bits per heavy atom. The second-order valence-electron chi connectivity index (χ2n) is 9.52. The third-order valence-corrected chi connectivity index (χ3v) is 6.69. The summed E-state index contributed by atoms with van der Waals surface area (Å²) >= 11 is 0. The molecule has 0 amide bonds. The standard InChI is InChI=1S/C30H40O4/c1-3-5-7-9-23-11-15-25(16-12-23)29(31)33-27-19-21-28(22-20-27)34-30(32)26-17-13-24(14-18-26)10-8-6-4-2/h11-18,27-28H,3-10,19-22H2,1-2H3/t27-,28-. The molecule has 0 unspecified atom stereocenters. The lowest BCUT2D eigenvalue weighted by Gasteiger charge is -2.28.